The van der Waals surface area contributed by atoms with Crippen molar-refractivity contribution >= 4 is 17.8 Å². The van der Waals surface area contributed by atoms with Crippen molar-refractivity contribution in [3.8, 4) is 0 Å². The zero-order valence-electron chi connectivity index (χ0n) is 16.1. The first kappa shape index (κ1) is 19.1. The van der Waals surface area contributed by atoms with Crippen molar-refractivity contribution in [3.63, 3.8) is 0 Å². The highest BCUT2D eigenvalue weighted by Gasteiger charge is 2.42. The lowest BCUT2D eigenvalue weighted by Crippen LogP contribution is -2.53. The largest absolute Gasteiger partial charge is 0.465 e. The minimum Gasteiger partial charge on any atom is -0.465 e. The number of halogens is 1. The molecule has 6 nitrogen and oxygen atoms in total. The minimum atomic E-state index is -1.16. The maximum absolute atomic E-state index is 13.8. The second kappa shape index (κ2) is 8.03. The van der Waals surface area contributed by atoms with E-state index in [9.17, 15) is 14.0 Å². The van der Waals surface area contributed by atoms with Crippen LogP contribution in [0.3, 0.4) is 0 Å². The van der Waals surface area contributed by atoms with Crippen molar-refractivity contribution in [2.24, 2.45) is 10.9 Å². The van der Waals surface area contributed by atoms with Crippen LogP contribution in [0.25, 0.3) is 0 Å². The third-order valence-electron chi connectivity index (χ3n) is 5.26. The van der Waals surface area contributed by atoms with Gasteiger partial charge in [-0.05, 0) is 42.2 Å². The normalized spacial score (nSPS) is 21.1. The van der Waals surface area contributed by atoms with Gasteiger partial charge < -0.3 is 9.64 Å². The van der Waals surface area contributed by atoms with Gasteiger partial charge in [-0.25, -0.2) is 9.38 Å². The van der Waals surface area contributed by atoms with E-state index in [4.69, 9.17) is 4.74 Å². The molecular weight excluding hydrogens is 373 g/mol. The molecule has 7 heteroatoms. The van der Waals surface area contributed by atoms with E-state index in [0.29, 0.717) is 24.6 Å². The Hall–Kier alpha value is -3.22. The molecule has 2 aromatic carbocycles. The summed E-state index contributed by atoms with van der Waals surface area (Å²) in [6, 6.07) is 13.1. The number of rotatable bonds is 3. The summed E-state index contributed by atoms with van der Waals surface area (Å²) in [6.45, 7) is 3.12. The van der Waals surface area contributed by atoms with Gasteiger partial charge in [0.1, 0.15) is 11.9 Å². The molecule has 1 N–H and O–H groups in total. The average molecular weight is 395 g/mol. The SMILES string of the molecule is CCOC(=O)C1C(=O)NC(N2CCc3ccccc3C2)=NC1c1cccc(F)c1. The van der Waals surface area contributed by atoms with Crippen LogP contribution in [0.5, 0.6) is 0 Å². The van der Waals surface area contributed by atoms with Gasteiger partial charge in [0, 0.05) is 13.1 Å². The van der Waals surface area contributed by atoms with Crippen LogP contribution in [0, 0.1) is 11.7 Å². The molecule has 2 heterocycles. The van der Waals surface area contributed by atoms with Gasteiger partial charge >= 0.3 is 5.97 Å². The number of benzene rings is 2. The summed E-state index contributed by atoms with van der Waals surface area (Å²) in [6.07, 6.45) is 0.830. The summed E-state index contributed by atoms with van der Waals surface area (Å²) in [5.41, 5.74) is 2.91. The maximum atomic E-state index is 13.8. The summed E-state index contributed by atoms with van der Waals surface area (Å²) < 4.78 is 18.9. The fraction of sp³-hybridized carbons (Fsp3) is 0.318. The van der Waals surface area contributed by atoms with Crippen molar-refractivity contribution < 1.29 is 18.7 Å². The number of aliphatic imine (C=N–C) groups is 1. The predicted molar refractivity (Wildman–Crippen MR) is 105 cm³/mol. The lowest BCUT2D eigenvalue weighted by Gasteiger charge is -2.36. The highest BCUT2D eigenvalue weighted by molar-refractivity contribution is 6.08. The van der Waals surface area contributed by atoms with E-state index in [2.05, 4.69) is 22.4 Å². The molecule has 0 spiro atoms. The molecule has 0 saturated carbocycles. The van der Waals surface area contributed by atoms with Crippen LogP contribution in [-0.2, 0) is 27.3 Å². The minimum absolute atomic E-state index is 0.151. The van der Waals surface area contributed by atoms with E-state index in [1.165, 1.54) is 23.3 Å². The first-order valence-corrected chi connectivity index (χ1v) is 9.69. The Morgan fingerprint density at radius 2 is 2.03 bits per heavy atom. The van der Waals surface area contributed by atoms with Crippen LogP contribution in [-0.4, -0.2) is 35.9 Å². The molecule has 0 aliphatic carbocycles. The Kier molecular flexibility index (Phi) is 5.29. The summed E-state index contributed by atoms with van der Waals surface area (Å²) in [4.78, 5) is 32.0. The molecule has 150 valence electrons. The number of carbonyl (C=O) groups is 2. The topological polar surface area (TPSA) is 71.0 Å². The van der Waals surface area contributed by atoms with Crippen molar-refractivity contribution in [2.75, 3.05) is 13.2 Å². The molecule has 2 aliphatic heterocycles. The van der Waals surface area contributed by atoms with Gasteiger partial charge in [0.2, 0.25) is 11.9 Å². The zero-order valence-corrected chi connectivity index (χ0v) is 16.1. The van der Waals surface area contributed by atoms with Crippen LogP contribution >= 0.6 is 0 Å². The smallest absolute Gasteiger partial charge is 0.321 e. The standard InChI is InChI=1S/C22H22FN3O3/c1-2-29-21(28)18-19(15-8-5-9-17(23)12-15)24-22(25-20(18)27)26-11-10-14-6-3-4-7-16(14)13-26/h3-9,12,18-19H,2,10-11,13H2,1H3,(H,24,25,27). The predicted octanol–water partition coefficient (Wildman–Crippen LogP) is 2.59. The number of ether oxygens (including phenoxy) is 1. The molecule has 2 atom stereocenters. The van der Waals surface area contributed by atoms with Gasteiger partial charge in [0.25, 0.3) is 0 Å². The summed E-state index contributed by atoms with van der Waals surface area (Å²) >= 11 is 0. The monoisotopic (exact) mass is 395 g/mol. The molecule has 0 saturated heterocycles. The summed E-state index contributed by atoms with van der Waals surface area (Å²) in [5, 5.41) is 2.76. The first-order chi connectivity index (χ1) is 14.1. The molecule has 0 aromatic heterocycles. The number of carbonyl (C=O) groups excluding carboxylic acids is 2. The summed E-state index contributed by atoms with van der Waals surface area (Å²) in [7, 11) is 0. The van der Waals surface area contributed by atoms with Gasteiger partial charge in [0.05, 0.1) is 6.61 Å². The van der Waals surface area contributed by atoms with Crippen LogP contribution in [0.4, 0.5) is 4.39 Å². The number of nitrogens with zero attached hydrogens (tertiary/aromatic N) is 2. The van der Waals surface area contributed by atoms with Crippen LogP contribution in [0.15, 0.2) is 53.5 Å². The Bertz CT molecular complexity index is 975. The van der Waals surface area contributed by atoms with E-state index < -0.39 is 29.7 Å². The number of hydrogen-bond acceptors (Lipinski definition) is 5. The molecule has 1 amide bonds. The van der Waals surface area contributed by atoms with Crippen LogP contribution in [0.1, 0.15) is 29.7 Å². The third-order valence-corrected chi connectivity index (χ3v) is 5.26. The first-order valence-electron chi connectivity index (χ1n) is 9.69. The molecular formula is C22H22FN3O3. The molecule has 2 aromatic rings. The number of amides is 1. The molecule has 29 heavy (non-hydrogen) atoms. The van der Waals surface area contributed by atoms with E-state index in [-0.39, 0.29) is 6.61 Å². The van der Waals surface area contributed by atoms with Gasteiger partial charge in [-0.15, -0.1) is 0 Å². The Labute approximate surface area is 168 Å². The molecule has 4 rings (SSSR count). The van der Waals surface area contributed by atoms with Gasteiger partial charge in [-0.2, -0.15) is 0 Å². The van der Waals surface area contributed by atoms with Gasteiger partial charge in [-0.1, -0.05) is 36.4 Å². The van der Waals surface area contributed by atoms with E-state index in [1.807, 2.05) is 17.0 Å². The second-order valence-corrected chi connectivity index (χ2v) is 7.11. The molecule has 0 radical (unpaired) electrons. The van der Waals surface area contributed by atoms with Crippen molar-refractivity contribution in [1.82, 2.24) is 10.2 Å². The van der Waals surface area contributed by atoms with Crippen LogP contribution < -0.4 is 5.32 Å². The molecule has 0 fully saturated rings. The summed E-state index contributed by atoms with van der Waals surface area (Å²) in [5.74, 6) is -2.34. The molecule has 2 aliphatic rings. The van der Waals surface area contributed by atoms with Gasteiger partial charge in [-0.3, -0.25) is 14.9 Å². The average Bonchev–Trinajstić information content (AvgIpc) is 2.73. The number of fused-ring (bicyclic) bond motifs is 1. The Morgan fingerprint density at radius 1 is 1.24 bits per heavy atom. The van der Waals surface area contributed by atoms with Crippen molar-refractivity contribution in [2.45, 2.75) is 25.9 Å². The van der Waals surface area contributed by atoms with E-state index in [0.717, 1.165) is 6.42 Å². The van der Waals surface area contributed by atoms with Gasteiger partial charge in [0.15, 0.2) is 5.92 Å². The number of esters is 1. The fourth-order valence-electron chi connectivity index (χ4n) is 3.83. The van der Waals surface area contributed by atoms with E-state index in [1.54, 1.807) is 19.1 Å². The maximum Gasteiger partial charge on any atom is 0.321 e. The lowest BCUT2D eigenvalue weighted by molar-refractivity contribution is -0.153. The molecule has 0 bridgehead atoms. The highest BCUT2D eigenvalue weighted by atomic mass is 19.1. The number of nitrogens with one attached hydrogen (secondary N) is 1. The van der Waals surface area contributed by atoms with Crippen molar-refractivity contribution in [3.05, 3.63) is 71.0 Å². The number of guanidine groups is 1. The number of hydrogen-bond donors (Lipinski definition) is 1. The van der Waals surface area contributed by atoms with E-state index >= 15 is 0 Å². The Balaban J connectivity index is 1.69. The molecule has 2 unspecified atom stereocenters. The Morgan fingerprint density at radius 3 is 2.79 bits per heavy atom. The lowest BCUT2D eigenvalue weighted by atomic mass is 9.91. The highest BCUT2D eigenvalue weighted by Crippen LogP contribution is 2.32. The third kappa shape index (κ3) is 3.85. The fourth-order valence-corrected chi connectivity index (χ4v) is 3.83. The van der Waals surface area contributed by atoms with Crippen molar-refractivity contribution in [1.29, 1.82) is 0 Å². The van der Waals surface area contributed by atoms with Crippen LogP contribution in [0.2, 0.25) is 0 Å². The quantitative estimate of drug-likeness (QED) is 0.641. The second-order valence-electron chi connectivity index (χ2n) is 7.11. The zero-order chi connectivity index (χ0) is 20.4.